The van der Waals surface area contributed by atoms with Crippen molar-refractivity contribution in [1.82, 2.24) is 4.98 Å². The first-order chi connectivity index (χ1) is 19.0. The van der Waals surface area contributed by atoms with Crippen LogP contribution < -0.4 is 4.74 Å². The number of thiazole rings is 1. The molecule has 4 rings (SSSR count). The molecule has 3 aromatic carbocycles. The fraction of sp³-hybridized carbons (Fsp3) is 0.219. The highest BCUT2D eigenvalue weighted by atomic mass is 32.1. The number of carbonyl (C=O) groups is 2. The molecule has 0 aliphatic carbocycles. The van der Waals surface area contributed by atoms with Gasteiger partial charge in [0.15, 0.2) is 0 Å². The van der Waals surface area contributed by atoms with Crippen molar-refractivity contribution in [3.63, 3.8) is 0 Å². The number of hydrogen-bond acceptors (Lipinski definition) is 5. The maximum absolute atomic E-state index is 11.2. The molecule has 1 unspecified atom stereocenters. The van der Waals surface area contributed by atoms with Gasteiger partial charge in [0.25, 0.3) is 0 Å². The van der Waals surface area contributed by atoms with Crippen molar-refractivity contribution in [3.8, 4) is 16.3 Å². The molecule has 1 atom stereocenters. The molecule has 0 amide bonds. The minimum atomic E-state index is -0.947. The summed E-state index contributed by atoms with van der Waals surface area (Å²) in [6.45, 7) is 0.364. The Hall–Kier alpha value is -4.23. The Bertz CT molecular complexity index is 1400. The molecule has 0 fully saturated rings. The zero-order valence-corrected chi connectivity index (χ0v) is 22.3. The maximum Gasteiger partial charge on any atom is 0.335 e. The van der Waals surface area contributed by atoms with Gasteiger partial charge in [-0.25, -0.2) is 9.78 Å². The van der Waals surface area contributed by atoms with Crippen molar-refractivity contribution in [3.05, 3.63) is 113 Å². The number of benzene rings is 3. The van der Waals surface area contributed by atoms with Crippen molar-refractivity contribution in [1.29, 1.82) is 0 Å². The molecule has 0 aliphatic heterocycles. The highest BCUT2D eigenvalue weighted by Gasteiger charge is 2.11. The van der Waals surface area contributed by atoms with Crippen molar-refractivity contribution < 1.29 is 24.5 Å². The van der Waals surface area contributed by atoms with Crippen molar-refractivity contribution in [2.45, 2.75) is 38.7 Å². The fourth-order valence-corrected chi connectivity index (χ4v) is 5.07. The molecule has 0 aliphatic rings. The number of aliphatic carboxylic acids is 1. The van der Waals surface area contributed by atoms with Crippen LogP contribution >= 0.6 is 11.3 Å². The SMILES string of the molecule is O=C(O)CCCCC(/C=C/c1ccccc1OCc1csc(-c2ccccc2)n1)Cc1ccc(C(=O)O)cc1. The fourth-order valence-electron chi connectivity index (χ4n) is 4.26. The molecule has 1 aromatic heterocycles. The number of carboxylic acid groups (broad SMARTS) is 2. The lowest BCUT2D eigenvalue weighted by Crippen LogP contribution is -2.04. The Labute approximate surface area is 232 Å². The van der Waals surface area contributed by atoms with E-state index in [1.165, 1.54) is 0 Å². The van der Waals surface area contributed by atoms with Crippen molar-refractivity contribution in [2.24, 2.45) is 5.92 Å². The number of aromatic nitrogens is 1. The van der Waals surface area contributed by atoms with Crippen LogP contribution in [-0.2, 0) is 17.8 Å². The van der Waals surface area contributed by atoms with Gasteiger partial charge in [-0.3, -0.25) is 4.79 Å². The Kier molecular flexibility index (Phi) is 10.0. The van der Waals surface area contributed by atoms with E-state index < -0.39 is 11.9 Å². The van der Waals surface area contributed by atoms with Crippen LogP contribution in [0.5, 0.6) is 5.75 Å². The number of carboxylic acids is 2. The molecule has 0 spiro atoms. The largest absolute Gasteiger partial charge is 0.487 e. The third-order valence-corrected chi connectivity index (χ3v) is 7.27. The van der Waals surface area contributed by atoms with Crippen LogP contribution in [0.15, 0.2) is 90.3 Å². The first kappa shape index (κ1) is 27.8. The molecule has 6 nitrogen and oxygen atoms in total. The predicted molar refractivity (Wildman–Crippen MR) is 154 cm³/mol. The standard InChI is InChI=1S/C32H31NO5S/c34-30(35)13-7-4-8-23(20-24-15-18-27(19-16-24)32(36)37)14-17-25-9-5-6-12-29(25)38-21-28-22-39-31(33-28)26-10-2-1-3-11-26/h1-3,5-6,9-12,14-19,22-23H,4,7-8,13,20-21H2,(H,34,35)(H,36,37)/b17-14+. The van der Waals surface area contributed by atoms with E-state index in [4.69, 9.17) is 14.8 Å². The zero-order chi connectivity index (χ0) is 27.5. The van der Waals surface area contributed by atoms with E-state index in [1.807, 2.05) is 72.1 Å². The van der Waals surface area contributed by atoms with Crippen LogP contribution in [0.1, 0.15) is 52.9 Å². The zero-order valence-electron chi connectivity index (χ0n) is 21.5. The summed E-state index contributed by atoms with van der Waals surface area (Å²) in [6.07, 6.45) is 7.32. The third-order valence-electron chi connectivity index (χ3n) is 6.33. The Balaban J connectivity index is 1.43. The van der Waals surface area contributed by atoms with Gasteiger partial charge in [-0.05, 0) is 48.9 Å². The van der Waals surface area contributed by atoms with Gasteiger partial charge in [0.05, 0.1) is 11.3 Å². The van der Waals surface area contributed by atoms with Crippen LogP contribution in [0.4, 0.5) is 0 Å². The van der Waals surface area contributed by atoms with Gasteiger partial charge in [0.1, 0.15) is 17.4 Å². The van der Waals surface area contributed by atoms with Crippen LogP contribution in [0.2, 0.25) is 0 Å². The lowest BCUT2D eigenvalue weighted by atomic mass is 9.92. The topological polar surface area (TPSA) is 96.7 Å². The second-order valence-electron chi connectivity index (χ2n) is 9.30. The lowest BCUT2D eigenvalue weighted by Gasteiger charge is -2.14. The normalized spacial score (nSPS) is 11.9. The van der Waals surface area contributed by atoms with Crippen LogP contribution in [0, 0.1) is 5.92 Å². The van der Waals surface area contributed by atoms with Gasteiger partial charge in [0.2, 0.25) is 0 Å². The highest BCUT2D eigenvalue weighted by Crippen LogP contribution is 2.27. The number of unbranched alkanes of at least 4 members (excludes halogenated alkanes) is 1. The quantitative estimate of drug-likeness (QED) is 0.160. The summed E-state index contributed by atoms with van der Waals surface area (Å²) in [5.74, 6) is -0.807. The van der Waals surface area contributed by atoms with E-state index in [1.54, 1.807) is 23.5 Å². The number of allylic oxidation sites excluding steroid dienone is 1. The molecule has 2 N–H and O–H groups in total. The highest BCUT2D eigenvalue weighted by molar-refractivity contribution is 7.13. The molecule has 7 heteroatoms. The minimum Gasteiger partial charge on any atom is -0.487 e. The summed E-state index contributed by atoms with van der Waals surface area (Å²) < 4.78 is 6.16. The minimum absolute atomic E-state index is 0.156. The average Bonchev–Trinajstić information content (AvgIpc) is 3.43. The van der Waals surface area contributed by atoms with E-state index in [-0.39, 0.29) is 17.9 Å². The van der Waals surface area contributed by atoms with Gasteiger partial charge in [-0.2, -0.15) is 0 Å². The summed E-state index contributed by atoms with van der Waals surface area (Å²) in [6, 6.07) is 24.9. The monoisotopic (exact) mass is 541 g/mol. The van der Waals surface area contributed by atoms with Crippen LogP contribution in [0.3, 0.4) is 0 Å². The number of para-hydroxylation sites is 1. The van der Waals surface area contributed by atoms with Crippen LogP contribution in [-0.4, -0.2) is 27.1 Å². The van der Waals surface area contributed by atoms with E-state index in [0.717, 1.165) is 52.4 Å². The van der Waals surface area contributed by atoms with Gasteiger partial charge in [-0.1, -0.05) is 79.2 Å². The van der Waals surface area contributed by atoms with Gasteiger partial charge in [-0.15, -0.1) is 11.3 Å². The van der Waals surface area contributed by atoms with Gasteiger partial charge >= 0.3 is 11.9 Å². The summed E-state index contributed by atoms with van der Waals surface area (Å²) >= 11 is 1.60. The van der Waals surface area contributed by atoms with Gasteiger partial charge < -0.3 is 14.9 Å². The Morgan fingerprint density at radius 2 is 1.67 bits per heavy atom. The smallest absolute Gasteiger partial charge is 0.335 e. The molecule has 39 heavy (non-hydrogen) atoms. The summed E-state index contributed by atoms with van der Waals surface area (Å²) in [4.78, 5) is 26.8. The second kappa shape index (κ2) is 14.1. The molecule has 4 aromatic rings. The van der Waals surface area contributed by atoms with Crippen molar-refractivity contribution >= 4 is 29.4 Å². The summed E-state index contributed by atoms with van der Waals surface area (Å²) in [5.41, 5.74) is 4.21. The molecule has 0 saturated carbocycles. The summed E-state index contributed by atoms with van der Waals surface area (Å²) in [7, 11) is 0. The Morgan fingerprint density at radius 3 is 2.41 bits per heavy atom. The maximum atomic E-state index is 11.2. The van der Waals surface area contributed by atoms with E-state index in [2.05, 4.69) is 12.2 Å². The number of hydrogen-bond donors (Lipinski definition) is 2. The number of rotatable bonds is 14. The first-order valence-electron chi connectivity index (χ1n) is 12.9. The molecule has 1 heterocycles. The first-order valence-corrected chi connectivity index (χ1v) is 13.8. The average molecular weight is 542 g/mol. The summed E-state index contributed by atoms with van der Waals surface area (Å²) in [5, 5.41) is 21.1. The van der Waals surface area contributed by atoms with E-state index in [9.17, 15) is 14.7 Å². The van der Waals surface area contributed by atoms with E-state index in [0.29, 0.717) is 13.0 Å². The second-order valence-corrected chi connectivity index (χ2v) is 10.2. The third kappa shape index (κ3) is 8.65. The molecular formula is C32H31NO5S. The Morgan fingerprint density at radius 1 is 0.923 bits per heavy atom. The van der Waals surface area contributed by atoms with Crippen molar-refractivity contribution in [2.75, 3.05) is 0 Å². The molecule has 0 radical (unpaired) electrons. The number of aromatic carboxylic acids is 1. The van der Waals surface area contributed by atoms with E-state index >= 15 is 0 Å². The molecular weight excluding hydrogens is 510 g/mol. The molecule has 0 bridgehead atoms. The van der Waals surface area contributed by atoms with Crippen LogP contribution in [0.25, 0.3) is 16.6 Å². The lowest BCUT2D eigenvalue weighted by molar-refractivity contribution is -0.137. The predicted octanol–water partition coefficient (Wildman–Crippen LogP) is 7.60. The number of ether oxygens (including phenoxy) is 1. The van der Waals surface area contributed by atoms with Gasteiger partial charge in [0, 0.05) is 22.9 Å². The molecule has 200 valence electrons. The molecule has 0 saturated heterocycles. The number of nitrogens with zero attached hydrogens (tertiary/aromatic N) is 1.